The molecule has 0 spiro atoms. The smallest absolute Gasteiger partial charge is 0.0101 e. The van der Waals surface area contributed by atoms with Gasteiger partial charge in [0.15, 0.2) is 0 Å². The van der Waals surface area contributed by atoms with Crippen molar-refractivity contribution in [2.24, 2.45) is 0 Å². The molecule has 19 heavy (non-hydrogen) atoms. The van der Waals surface area contributed by atoms with Crippen molar-refractivity contribution in [1.29, 1.82) is 0 Å². The number of benzene rings is 1. The van der Waals surface area contributed by atoms with Gasteiger partial charge in [-0.05, 0) is 78.3 Å². The molecule has 0 unspecified atom stereocenters. The van der Waals surface area contributed by atoms with Gasteiger partial charge in [0.2, 0.25) is 0 Å². The predicted molar refractivity (Wildman–Crippen MR) is 87.4 cm³/mol. The van der Waals surface area contributed by atoms with E-state index >= 15 is 0 Å². The standard InChI is InChI=1S/C19H32/c1-11-19(9,10)17-14(4)12(2)16(18(6,7)8)13(3)15(17)5/h11H2,1-10H3. The summed E-state index contributed by atoms with van der Waals surface area (Å²) in [6.07, 6.45) is 1.18. The Kier molecular flexibility index (Phi) is 4.25. The van der Waals surface area contributed by atoms with Crippen molar-refractivity contribution in [3.63, 3.8) is 0 Å². The molecule has 0 fully saturated rings. The van der Waals surface area contributed by atoms with Crippen LogP contribution in [-0.4, -0.2) is 0 Å². The molecule has 0 aromatic heterocycles. The Morgan fingerprint density at radius 2 is 0.947 bits per heavy atom. The Bertz CT molecular complexity index is 453. The Labute approximate surface area is 120 Å². The fraction of sp³-hybridized carbons (Fsp3) is 0.684. The molecule has 0 bridgehead atoms. The van der Waals surface area contributed by atoms with Crippen molar-refractivity contribution in [2.75, 3.05) is 0 Å². The van der Waals surface area contributed by atoms with E-state index in [0.717, 1.165) is 0 Å². The molecule has 0 N–H and O–H groups in total. The van der Waals surface area contributed by atoms with Crippen molar-refractivity contribution < 1.29 is 0 Å². The van der Waals surface area contributed by atoms with E-state index in [4.69, 9.17) is 0 Å². The highest BCUT2D eigenvalue weighted by Crippen LogP contribution is 2.40. The monoisotopic (exact) mass is 260 g/mol. The largest absolute Gasteiger partial charge is 0.0646 e. The molecule has 0 nitrogen and oxygen atoms in total. The Morgan fingerprint density at radius 1 is 0.632 bits per heavy atom. The molecule has 0 saturated carbocycles. The molecule has 0 saturated heterocycles. The summed E-state index contributed by atoms with van der Waals surface area (Å²) in [5.74, 6) is 0. The van der Waals surface area contributed by atoms with Crippen LogP contribution in [0.4, 0.5) is 0 Å². The van der Waals surface area contributed by atoms with Crippen LogP contribution < -0.4 is 0 Å². The van der Waals surface area contributed by atoms with Crippen LogP contribution in [-0.2, 0) is 10.8 Å². The third-order valence-electron chi connectivity index (χ3n) is 4.94. The third-order valence-corrected chi connectivity index (χ3v) is 4.94. The first-order chi connectivity index (χ1) is 8.45. The van der Waals surface area contributed by atoms with E-state index in [1.165, 1.54) is 34.2 Å². The van der Waals surface area contributed by atoms with Crippen LogP contribution in [0.25, 0.3) is 0 Å². The van der Waals surface area contributed by atoms with Gasteiger partial charge in [-0.25, -0.2) is 0 Å². The van der Waals surface area contributed by atoms with Crippen LogP contribution in [0.2, 0.25) is 0 Å². The summed E-state index contributed by atoms with van der Waals surface area (Å²) in [4.78, 5) is 0. The molecule has 108 valence electrons. The van der Waals surface area contributed by atoms with Gasteiger partial charge in [0.1, 0.15) is 0 Å². The van der Waals surface area contributed by atoms with E-state index in [9.17, 15) is 0 Å². The summed E-state index contributed by atoms with van der Waals surface area (Å²) in [5, 5.41) is 0. The fourth-order valence-electron chi connectivity index (χ4n) is 3.63. The average Bonchev–Trinajstić information content (AvgIpc) is 2.25. The molecule has 1 aromatic carbocycles. The van der Waals surface area contributed by atoms with Crippen LogP contribution in [0.1, 0.15) is 81.3 Å². The van der Waals surface area contributed by atoms with E-state index in [-0.39, 0.29) is 10.8 Å². The normalized spacial score (nSPS) is 12.9. The van der Waals surface area contributed by atoms with Gasteiger partial charge in [0.05, 0.1) is 0 Å². The summed E-state index contributed by atoms with van der Waals surface area (Å²) in [7, 11) is 0. The molecule has 0 aliphatic heterocycles. The predicted octanol–water partition coefficient (Wildman–Crippen LogP) is 5.91. The maximum Gasteiger partial charge on any atom is -0.0101 e. The Balaban J connectivity index is 3.77. The lowest BCUT2D eigenvalue weighted by atomic mass is 9.70. The molecule has 0 atom stereocenters. The highest BCUT2D eigenvalue weighted by atomic mass is 14.3. The van der Waals surface area contributed by atoms with E-state index < -0.39 is 0 Å². The zero-order chi connectivity index (χ0) is 15.2. The molecular weight excluding hydrogens is 228 g/mol. The second-order valence-electron chi connectivity index (χ2n) is 7.74. The molecule has 1 rings (SSSR count). The molecule has 1 aromatic rings. The van der Waals surface area contributed by atoms with Crippen LogP contribution in [0.15, 0.2) is 0 Å². The first-order valence-electron chi connectivity index (χ1n) is 7.56. The van der Waals surface area contributed by atoms with Gasteiger partial charge in [-0.15, -0.1) is 0 Å². The van der Waals surface area contributed by atoms with Gasteiger partial charge < -0.3 is 0 Å². The lowest BCUT2D eigenvalue weighted by molar-refractivity contribution is 0.496. The number of hydrogen-bond donors (Lipinski definition) is 0. The van der Waals surface area contributed by atoms with Crippen molar-refractivity contribution in [1.82, 2.24) is 0 Å². The summed E-state index contributed by atoms with van der Waals surface area (Å²) in [5.41, 5.74) is 9.58. The second-order valence-corrected chi connectivity index (χ2v) is 7.74. The highest BCUT2D eigenvalue weighted by Gasteiger charge is 2.29. The van der Waals surface area contributed by atoms with Gasteiger partial charge in [-0.2, -0.15) is 0 Å². The lowest BCUT2D eigenvalue weighted by Crippen LogP contribution is -2.24. The fourth-order valence-corrected chi connectivity index (χ4v) is 3.63. The van der Waals surface area contributed by atoms with Crippen molar-refractivity contribution in [2.45, 2.75) is 86.5 Å². The van der Waals surface area contributed by atoms with Crippen LogP contribution in [0.3, 0.4) is 0 Å². The van der Waals surface area contributed by atoms with Crippen LogP contribution in [0, 0.1) is 27.7 Å². The molecule has 0 aliphatic carbocycles. The van der Waals surface area contributed by atoms with Gasteiger partial charge in [0, 0.05) is 0 Å². The van der Waals surface area contributed by atoms with Crippen molar-refractivity contribution >= 4 is 0 Å². The van der Waals surface area contributed by atoms with E-state index in [1.54, 1.807) is 5.56 Å². The zero-order valence-electron chi connectivity index (χ0n) is 14.7. The summed E-state index contributed by atoms with van der Waals surface area (Å²) in [6, 6.07) is 0. The minimum Gasteiger partial charge on any atom is -0.0646 e. The second kappa shape index (κ2) is 4.96. The highest BCUT2D eigenvalue weighted by molar-refractivity contribution is 5.54. The molecule has 0 aliphatic rings. The molecule has 0 heteroatoms. The minimum absolute atomic E-state index is 0.221. The number of rotatable bonds is 2. The molecule has 0 amide bonds. The van der Waals surface area contributed by atoms with Crippen LogP contribution in [0.5, 0.6) is 0 Å². The van der Waals surface area contributed by atoms with Gasteiger partial charge in [-0.1, -0.05) is 41.5 Å². The maximum atomic E-state index is 2.37. The van der Waals surface area contributed by atoms with E-state index in [0.29, 0.717) is 0 Å². The van der Waals surface area contributed by atoms with Gasteiger partial charge in [0.25, 0.3) is 0 Å². The molecular formula is C19H32. The van der Waals surface area contributed by atoms with Gasteiger partial charge in [-0.3, -0.25) is 0 Å². The molecule has 0 heterocycles. The average molecular weight is 260 g/mol. The summed E-state index contributed by atoms with van der Waals surface area (Å²) >= 11 is 0. The topological polar surface area (TPSA) is 0 Å². The van der Waals surface area contributed by atoms with Crippen molar-refractivity contribution in [3.8, 4) is 0 Å². The van der Waals surface area contributed by atoms with Gasteiger partial charge >= 0.3 is 0 Å². The van der Waals surface area contributed by atoms with E-state index in [1.807, 2.05) is 0 Å². The third kappa shape index (κ3) is 2.73. The quantitative estimate of drug-likeness (QED) is 0.620. The molecule has 0 radical (unpaired) electrons. The summed E-state index contributed by atoms with van der Waals surface area (Å²) in [6.45, 7) is 23.2. The number of hydrogen-bond acceptors (Lipinski definition) is 0. The minimum atomic E-state index is 0.221. The summed E-state index contributed by atoms with van der Waals surface area (Å²) < 4.78 is 0. The first-order valence-corrected chi connectivity index (χ1v) is 7.56. The maximum absolute atomic E-state index is 2.37. The Morgan fingerprint density at radius 3 is 1.21 bits per heavy atom. The van der Waals surface area contributed by atoms with Crippen LogP contribution >= 0.6 is 0 Å². The van der Waals surface area contributed by atoms with E-state index in [2.05, 4.69) is 69.2 Å². The SMILES string of the molecule is CCC(C)(C)c1c(C)c(C)c(C(C)(C)C)c(C)c1C. The first kappa shape index (κ1) is 16.3. The zero-order valence-corrected chi connectivity index (χ0v) is 14.7. The Hall–Kier alpha value is -0.780. The lowest BCUT2D eigenvalue weighted by Gasteiger charge is -2.34. The van der Waals surface area contributed by atoms with Crippen molar-refractivity contribution in [3.05, 3.63) is 33.4 Å².